The molecule has 0 radical (unpaired) electrons. The van der Waals surface area contributed by atoms with Crippen LogP contribution in [0.2, 0.25) is 0 Å². The first-order valence-corrected chi connectivity index (χ1v) is 7.72. The van der Waals surface area contributed by atoms with Gasteiger partial charge < -0.3 is 15.2 Å². The van der Waals surface area contributed by atoms with Crippen LogP contribution in [-0.4, -0.2) is 16.8 Å². The van der Waals surface area contributed by atoms with Crippen molar-refractivity contribution in [2.75, 3.05) is 6.79 Å². The Hall–Kier alpha value is -1.66. The van der Waals surface area contributed by atoms with Gasteiger partial charge in [0.15, 0.2) is 17.3 Å². The van der Waals surface area contributed by atoms with Gasteiger partial charge in [-0.1, -0.05) is 0 Å². The smallest absolute Gasteiger partial charge is 0.231 e. The molecule has 0 amide bonds. The van der Waals surface area contributed by atoms with E-state index in [9.17, 15) is 0 Å². The van der Waals surface area contributed by atoms with Crippen LogP contribution in [0.3, 0.4) is 0 Å². The number of nitrogens with two attached hydrogens (primary N) is 1. The SMILES string of the molecule is NC1CCCc2nc(-c3cc(Br)c4c(c3)OCO4)ncc21. The van der Waals surface area contributed by atoms with E-state index in [1.165, 1.54) is 0 Å². The molecule has 0 saturated carbocycles. The molecule has 1 aromatic carbocycles. The van der Waals surface area contributed by atoms with E-state index in [0.717, 1.165) is 52.1 Å². The maximum atomic E-state index is 6.11. The van der Waals surface area contributed by atoms with Gasteiger partial charge in [-0.05, 0) is 47.3 Å². The fourth-order valence-corrected chi connectivity index (χ4v) is 3.37. The largest absolute Gasteiger partial charge is 0.454 e. The molecule has 0 fully saturated rings. The minimum atomic E-state index is 0.0614. The Kier molecular flexibility index (Phi) is 3.08. The van der Waals surface area contributed by atoms with Gasteiger partial charge in [-0.15, -0.1) is 0 Å². The van der Waals surface area contributed by atoms with Crippen molar-refractivity contribution < 1.29 is 9.47 Å². The summed E-state index contributed by atoms with van der Waals surface area (Å²) in [4.78, 5) is 9.16. The highest BCUT2D eigenvalue weighted by Crippen LogP contribution is 2.42. The van der Waals surface area contributed by atoms with Crippen molar-refractivity contribution in [3.8, 4) is 22.9 Å². The van der Waals surface area contributed by atoms with Crippen molar-refractivity contribution in [3.63, 3.8) is 0 Å². The molecule has 6 heteroatoms. The van der Waals surface area contributed by atoms with Crippen molar-refractivity contribution in [1.82, 2.24) is 9.97 Å². The normalized spacial score (nSPS) is 19.4. The zero-order valence-corrected chi connectivity index (χ0v) is 12.9. The predicted molar refractivity (Wildman–Crippen MR) is 81.2 cm³/mol. The second-order valence-corrected chi connectivity index (χ2v) is 6.14. The number of hydrogen-bond donors (Lipinski definition) is 1. The van der Waals surface area contributed by atoms with Crippen LogP contribution in [0.15, 0.2) is 22.8 Å². The molecule has 2 aliphatic rings. The fourth-order valence-electron chi connectivity index (χ4n) is 2.82. The lowest BCUT2D eigenvalue weighted by Crippen LogP contribution is -2.19. The van der Waals surface area contributed by atoms with Gasteiger partial charge in [0.25, 0.3) is 0 Å². The number of halogens is 1. The molecule has 4 rings (SSSR count). The van der Waals surface area contributed by atoms with Crippen molar-refractivity contribution in [3.05, 3.63) is 34.1 Å². The lowest BCUT2D eigenvalue weighted by atomic mass is 9.93. The Labute approximate surface area is 130 Å². The Balaban J connectivity index is 1.79. The first kappa shape index (κ1) is 13.0. The minimum Gasteiger partial charge on any atom is -0.454 e. The number of nitrogens with zero attached hydrogens (tertiary/aromatic N) is 2. The molecule has 1 aliphatic heterocycles. The second kappa shape index (κ2) is 4.96. The van der Waals surface area contributed by atoms with Crippen LogP contribution in [0.25, 0.3) is 11.4 Å². The van der Waals surface area contributed by atoms with E-state index in [2.05, 4.69) is 20.9 Å². The van der Waals surface area contributed by atoms with Crippen molar-refractivity contribution >= 4 is 15.9 Å². The average molecular weight is 348 g/mol. The summed E-state index contributed by atoms with van der Waals surface area (Å²) < 4.78 is 11.7. The van der Waals surface area contributed by atoms with E-state index in [0.29, 0.717) is 5.82 Å². The van der Waals surface area contributed by atoms with Crippen molar-refractivity contribution in [2.45, 2.75) is 25.3 Å². The highest BCUT2D eigenvalue weighted by molar-refractivity contribution is 9.10. The number of aromatic nitrogens is 2. The zero-order valence-electron chi connectivity index (χ0n) is 11.3. The summed E-state index contributed by atoms with van der Waals surface area (Å²) in [5.74, 6) is 2.15. The molecule has 0 bridgehead atoms. The summed E-state index contributed by atoms with van der Waals surface area (Å²) >= 11 is 3.50. The quantitative estimate of drug-likeness (QED) is 0.858. The Morgan fingerprint density at radius 3 is 3.10 bits per heavy atom. The Bertz CT molecular complexity index is 720. The van der Waals surface area contributed by atoms with E-state index in [1.54, 1.807) is 0 Å². The molecule has 0 saturated heterocycles. The first-order valence-electron chi connectivity index (χ1n) is 6.93. The second-order valence-electron chi connectivity index (χ2n) is 5.29. The van der Waals surface area contributed by atoms with Gasteiger partial charge in [0.05, 0.1) is 4.47 Å². The minimum absolute atomic E-state index is 0.0614. The van der Waals surface area contributed by atoms with Crippen LogP contribution in [0, 0.1) is 0 Å². The Morgan fingerprint density at radius 2 is 2.19 bits per heavy atom. The fraction of sp³-hybridized carbons (Fsp3) is 0.333. The highest BCUT2D eigenvalue weighted by Gasteiger charge is 2.22. The molecule has 5 nitrogen and oxygen atoms in total. The Morgan fingerprint density at radius 1 is 1.29 bits per heavy atom. The van der Waals surface area contributed by atoms with Crippen LogP contribution in [0.5, 0.6) is 11.5 Å². The molecule has 2 N–H and O–H groups in total. The van der Waals surface area contributed by atoms with Crippen LogP contribution < -0.4 is 15.2 Å². The maximum Gasteiger partial charge on any atom is 0.231 e. The summed E-state index contributed by atoms with van der Waals surface area (Å²) in [6, 6.07) is 3.93. The standard InChI is InChI=1S/C15H14BrN3O2/c16-10-4-8(5-13-14(10)21-7-20-13)15-18-6-9-11(17)2-1-3-12(9)19-15/h4-6,11H,1-3,7,17H2. The summed E-state index contributed by atoms with van der Waals surface area (Å²) in [5, 5.41) is 0. The molecule has 108 valence electrons. The number of hydrogen-bond acceptors (Lipinski definition) is 5. The topological polar surface area (TPSA) is 70.3 Å². The van der Waals surface area contributed by atoms with Gasteiger partial charge in [-0.2, -0.15) is 0 Å². The van der Waals surface area contributed by atoms with Crippen LogP contribution in [-0.2, 0) is 6.42 Å². The highest BCUT2D eigenvalue weighted by atomic mass is 79.9. The monoisotopic (exact) mass is 347 g/mol. The van der Waals surface area contributed by atoms with Crippen molar-refractivity contribution in [2.24, 2.45) is 5.73 Å². The molecule has 2 heterocycles. The summed E-state index contributed by atoms with van der Waals surface area (Å²) in [6.07, 6.45) is 4.91. The number of benzene rings is 1. The average Bonchev–Trinajstić information content (AvgIpc) is 2.96. The summed E-state index contributed by atoms with van der Waals surface area (Å²) in [5.41, 5.74) is 9.16. The lowest BCUT2D eigenvalue weighted by molar-refractivity contribution is 0.173. The third-order valence-electron chi connectivity index (χ3n) is 3.91. The number of fused-ring (bicyclic) bond motifs is 2. The van der Waals surface area contributed by atoms with Gasteiger partial charge in [0, 0.05) is 29.1 Å². The van der Waals surface area contributed by atoms with E-state index in [4.69, 9.17) is 20.2 Å². The van der Waals surface area contributed by atoms with Crippen LogP contribution in [0.1, 0.15) is 30.1 Å². The molecular formula is C15H14BrN3O2. The van der Waals surface area contributed by atoms with Gasteiger partial charge in [-0.3, -0.25) is 0 Å². The summed E-state index contributed by atoms with van der Waals surface area (Å²) in [7, 11) is 0. The van der Waals surface area contributed by atoms with Crippen LogP contribution >= 0.6 is 15.9 Å². The predicted octanol–water partition coefficient (Wildman–Crippen LogP) is 2.97. The molecule has 1 atom stereocenters. The lowest BCUT2D eigenvalue weighted by Gasteiger charge is -2.21. The molecule has 0 spiro atoms. The molecule has 1 aromatic heterocycles. The van der Waals surface area contributed by atoms with E-state index < -0.39 is 0 Å². The molecule has 21 heavy (non-hydrogen) atoms. The van der Waals surface area contributed by atoms with E-state index >= 15 is 0 Å². The van der Waals surface area contributed by atoms with Gasteiger partial charge in [0.2, 0.25) is 6.79 Å². The molecule has 1 unspecified atom stereocenters. The van der Waals surface area contributed by atoms with Gasteiger partial charge in [-0.25, -0.2) is 9.97 Å². The van der Waals surface area contributed by atoms with E-state index in [1.807, 2.05) is 18.3 Å². The molecule has 2 aromatic rings. The molecule has 1 aliphatic carbocycles. The number of rotatable bonds is 1. The van der Waals surface area contributed by atoms with Crippen molar-refractivity contribution in [1.29, 1.82) is 0 Å². The van der Waals surface area contributed by atoms with Crippen LogP contribution in [0.4, 0.5) is 0 Å². The zero-order chi connectivity index (χ0) is 14.4. The molecular weight excluding hydrogens is 334 g/mol. The van der Waals surface area contributed by atoms with Gasteiger partial charge in [0.1, 0.15) is 0 Å². The third kappa shape index (κ3) is 2.18. The summed E-state index contributed by atoms with van der Waals surface area (Å²) in [6.45, 7) is 0.247. The van der Waals surface area contributed by atoms with E-state index in [-0.39, 0.29) is 12.8 Å². The van der Waals surface area contributed by atoms with Gasteiger partial charge >= 0.3 is 0 Å². The maximum absolute atomic E-state index is 6.11. The first-order chi connectivity index (χ1) is 10.2. The number of aryl methyl sites for hydroxylation is 1. The third-order valence-corrected chi connectivity index (χ3v) is 4.50. The number of ether oxygens (including phenoxy) is 2.